The number of hydrogen-bond acceptors (Lipinski definition) is 3. The average molecular weight is 255 g/mol. The van der Waals surface area contributed by atoms with Crippen LogP contribution in [0.25, 0.3) is 0 Å². The minimum Gasteiger partial charge on any atom is -0.329 e. The summed E-state index contributed by atoms with van der Waals surface area (Å²) in [5, 5.41) is 0. The summed E-state index contributed by atoms with van der Waals surface area (Å²) in [6.45, 7) is 17.0. The Bertz CT molecular complexity index is 232. The zero-order chi connectivity index (χ0) is 13.8. The Kier molecular flexibility index (Phi) is 6.09. The fraction of sp³-hybridized carbons (Fsp3) is 1.00. The van der Waals surface area contributed by atoms with Gasteiger partial charge in [-0.05, 0) is 39.5 Å². The van der Waals surface area contributed by atoms with Gasteiger partial charge in [-0.1, -0.05) is 13.8 Å². The molecule has 0 aromatic rings. The molecule has 0 aliphatic carbocycles. The molecule has 0 radical (unpaired) electrons. The van der Waals surface area contributed by atoms with Crippen molar-refractivity contribution in [3.63, 3.8) is 0 Å². The van der Waals surface area contributed by atoms with Crippen LogP contribution in [0.5, 0.6) is 0 Å². The molecule has 1 aliphatic rings. The van der Waals surface area contributed by atoms with E-state index in [0.717, 1.165) is 12.5 Å². The number of rotatable bonds is 6. The van der Waals surface area contributed by atoms with Crippen molar-refractivity contribution in [1.82, 2.24) is 9.80 Å². The van der Waals surface area contributed by atoms with Crippen LogP contribution in [0.3, 0.4) is 0 Å². The van der Waals surface area contributed by atoms with Crippen LogP contribution in [-0.4, -0.2) is 54.1 Å². The molecule has 1 heterocycles. The summed E-state index contributed by atoms with van der Waals surface area (Å²) < 4.78 is 0. The number of nitrogens with zero attached hydrogens (tertiary/aromatic N) is 2. The van der Waals surface area contributed by atoms with Crippen molar-refractivity contribution in [2.75, 3.05) is 32.7 Å². The van der Waals surface area contributed by atoms with Gasteiger partial charge in [-0.15, -0.1) is 0 Å². The quantitative estimate of drug-likeness (QED) is 0.789. The summed E-state index contributed by atoms with van der Waals surface area (Å²) in [7, 11) is 0. The minimum atomic E-state index is 0.202. The van der Waals surface area contributed by atoms with Crippen LogP contribution < -0.4 is 5.73 Å². The van der Waals surface area contributed by atoms with E-state index in [1.807, 2.05) is 0 Å². The number of nitrogens with two attached hydrogens (primary N) is 1. The van der Waals surface area contributed by atoms with E-state index in [9.17, 15) is 0 Å². The largest absolute Gasteiger partial charge is 0.329 e. The van der Waals surface area contributed by atoms with Crippen molar-refractivity contribution in [2.24, 2.45) is 11.7 Å². The van der Waals surface area contributed by atoms with Crippen LogP contribution in [-0.2, 0) is 0 Å². The molecular weight excluding hydrogens is 222 g/mol. The van der Waals surface area contributed by atoms with E-state index in [4.69, 9.17) is 5.73 Å². The van der Waals surface area contributed by atoms with Gasteiger partial charge in [-0.25, -0.2) is 0 Å². The van der Waals surface area contributed by atoms with Crippen molar-refractivity contribution in [3.05, 3.63) is 0 Å². The summed E-state index contributed by atoms with van der Waals surface area (Å²) in [5.41, 5.74) is 6.26. The van der Waals surface area contributed by atoms with Gasteiger partial charge in [0.05, 0.1) is 0 Å². The van der Waals surface area contributed by atoms with Crippen molar-refractivity contribution in [1.29, 1.82) is 0 Å². The first-order chi connectivity index (χ1) is 8.39. The van der Waals surface area contributed by atoms with Gasteiger partial charge in [-0.3, -0.25) is 9.80 Å². The first-order valence-electron chi connectivity index (χ1n) is 7.58. The summed E-state index contributed by atoms with van der Waals surface area (Å²) in [6.07, 6.45) is 2.50. The van der Waals surface area contributed by atoms with Gasteiger partial charge in [0.2, 0.25) is 0 Å². The molecule has 0 amide bonds. The molecule has 1 aliphatic heterocycles. The van der Waals surface area contributed by atoms with Gasteiger partial charge >= 0.3 is 0 Å². The van der Waals surface area contributed by atoms with E-state index < -0.39 is 0 Å². The predicted molar refractivity (Wildman–Crippen MR) is 79.8 cm³/mol. The Morgan fingerprint density at radius 2 is 1.61 bits per heavy atom. The second kappa shape index (κ2) is 6.88. The normalized spacial score (nSPS) is 22.7. The highest BCUT2D eigenvalue weighted by Gasteiger charge is 2.33. The van der Waals surface area contributed by atoms with Crippen molar-refractivity contribution in [3.8, 4) is 0 Å². The lowest BCUT2D eigenvalue weighted by molar-refractivity contribution is 0.0281. The summed E-state index contributed by atoms with van der Waals surface area (Å²) in [4.78, 5) is 5.18. The fourth-order valence-corrected chi connectivity index (χ4v) is 2.77. The molecule has 18 heavy (non-hydrogen) atoms. The van der Waals surface area contributed by atoms with E-state index in [-0.39, 0.29) is 5.54 Å². The monoisotopic (exact) mass is 255 g/mol. The third-order valence-electron chi connectivity index (χ3n) is 4.51. The van der Waals surface area contributed by atoms with Crippen molar-refractivity contribution < 1.29 is 0 Å². The van der Waals surface area contributed by atoms with Crippen molar-refractivity contribution in [2.45, 2.75) is 59.0 Å². The van der Waals surface area contributed by atoms with Gasteiger partial charge in [0.25, 0.3) is 0 Å². The summed E-state index contributed by atoms with van der Waals surface area (Å²) in [6, 6.07) is 0.673. The zero-order valence-corrected chi connectivity index (χ0v) is 13.1. The minimum absolute atomic E-state index is 0.202. The lowest BCUT2D eigenvalue weighted by Crippen LogP contribution is -2.59. The van der Waals surface area contributed by atoms with Gasteiger partial charge in [-0.2, -0.15) is 0 Å². The number of piperazine rings is 1. The smallest absolute Gasteiger partial charge is 0.0304 e. The maximum absolute atomic E-state index is 6.06. The maximum atomic E-state index is 6.06. The molecule has 3 heteroatoms. The molecule has 0 aromatic carbocycles. The summed E-state index contributed by atoms with van der Waals surface area (Å²) in [5.74, 6) is 0.771. The number of hydrogen-bond donors (Lipinski definition) is 1. The van der Waals surface area contributed by atoms with Gasteiger partial charge < -0.3 is 5.73 Å². The first-order valence-corrected chi connectivity index (χ1v) is 7.58. The van der Waals surface area contributed by atoms with Crippen LogP contribution in [0.15, 0.2) is 0 Å². The van der Waals surface area contributed by atoms with Crippen LogP contribution in [0.1, 0.15) is 47.5 Å². The predicted octanol–water partition coefficient (Wildman–Crippen LogP) is 2.17. The molecule has 0 saturated carbocycles. The molecule has 1 unspecified atom stereocenters. The van der Waals surface area contributed by atoms with Crippen LogP contribution in [0, 0.1) is 5.92 Å². The van der Waals surface area contributed by atoms with Crippen LogP contribution >= 0.6 is 0 Å². The third kappa shape index (κ3) is 4.22. The molecule has 0 bridgehead atoms. The molecule has 0 spiro atoms. The summed E-state index contributed by atoms with van der Waals surface area (Å²) >= 11 is 0. The topological polar surface area (TPSA) is 32.5 Å². The first kappa shape index (κ1) is 15.9. The van der Waals surface area contributed by atoms with Crippen LogP contribution in [0.2, 0.25) is 0 Å². The molecular formula is C15H33N3. The maximum Gasteiger partial charge on any atom is 0.0304 e. The Hall–Kier alpha value is -0.120. The Balaban J connectivity index is 2.51. The molecule has 2 N–H and O–H groups in total. The van der Waals surface area contributed by atoms with E-state index in [1.54, 1.807) is 0 Å². The third-order valence-corrected chi connectivity index (χ3v) is 4.51. The van der Waals surface area contributed by atoms with Gasteiger partial charge in [0, 0.05) is 44.3 Å². The fourth-order valence-electron chi connectivity index (χ4n) is 2.77. The lowest BCUT2D eigenvalue weighted by atomic mass is 9.89. The SMILES string of the molecule is CC(C)CCC(C)(CN)N1CCN(C(C)C)CC1. The zero-order valence-electron chi connectivity index (χ0n) is 13.1. The van der Waals surface area contributed by atoms with Crippen LogP contribution in [0.4, 0.5) is 0 Å². The van der Waals surface area contributed by atoms with E-state index in [1.165, 1.54) is 39.0 Å². The Morgan fingerprint density at radius 3 is 2.00 bits per heavy atom. The van der Waals surface area contributed by atoms with E-state index in [0.29, 0.717) is 6.04 Å². The molecule has 1 fully saturated rings. The molecule has 1 saturated heterocycles. The second-order valence-electron chi connectivity index (χ2n) is 6.75. The lowest BCUT2D eigenvalue weighted by Gasteiger charge is -2.46. The molecule has 0 aromatic heterocycles. The van der Waals surface area contributed by atoms with Crippen molar-refractivity contribution >= 4 is 0 Å². The van der Waals surface area contributed by atoms with Gasteiger partial charge in [0.1, 0.15) is 0 Å². The molecule has 108 valence electrons. The standard InChI is InChI=1S/C15H33N3/c1-13(2)6-7-15(5,12-16)18-10-8-17(9-11-18)14(3)4/h13-14H,6-12,16H2,1-5H3. The highest BCUT2D eigenvalue weighted by molar-refractivity contribution is 4.90. The Labute approximate surface area is 114 Å². The van der Waals surface area contributed by atoms with Gasteiger partial charge in [0.15, 0.2) is 0 Å². The van der Waals surface area contributed by atoms with E-state index >= 15 is 0 Å². The second-order valence-corrected chi connectivity index (χ2v) is 6.75. The highest BCUT2D eigenvalue weighted by atomic mass is 15.3. The molecule has 1 rings (SSSR count). The van der Waals surface area contributed by atoms with E-state index in [2.05, 4.69) is 44.4 Å². The Morgan fingerprint density at radius 1 is 1.06 bits per heavy atom. The average Bonchev–Trinajstić information content (AvgIpc) is 2.36. The highest BCUT2D eigenvalue weighted by Crippen LogP contribution is 2.24. The molecule has 1 atom stereocenters. The molecule has 3 nitrogen and oxygen atoms in total.